The lowest BCUT2D eigenvalue weighted by Gasteiger charge is -2.06. The average molecular weight is 263 g/mol. The van der Waals surface area contributed by atoms with Crippen LogP contribution in [0.2, 0.25) is 10.2 Å². The largest absolute Gasteiger partial charge is 0.461 e. The Labute approximate surface area is 104 Å². The van der Waals surface area contributed by atoms with Gasteiger partial charge in [-0.2, -0.15) is 0 Å². The number of carbonyl (C=O) groups excluding carboxylic acids is 1. The monoisotopic (exact) mass is 262 g/mol. The van der Waals surface area contributed by atoms with Gasteiger partial charge in [0.25, 0.3) is 0 Å². The molecular weight excluding hydrogens is 251 g/mol. The minimum Gasteiger partial charge on any atom is -0.461 e. The van der Waals surface area contributed by atoms with Crippen molar-refractivity contribution >= 4 is 34.9 Å². The number of anilines is 1. The second kappa shape index (κ2) is 5.92. The normalized spacial score (nSPS) is 10.2. The van der Waals surface area contributed by atoms with Gasteiger partial charge in [-0.15, -0.1) is 0 Å². The first kappa shape index (κ1) is 13.1. The molecular formula is C10H12Cl2N2O2. The number of nitrogen functional groups attached to an aromatic ring is 1. The topological polar surface area (TPSA) is 65.2 Å². The van der Waals surface area contributed by atoms with Crippen molar-refractivity contribution in [3.8, 4) is 0 Å². The molecule has 0 aliphatic rings. The van der Waals surface area contributed by atoms with Crippen molar-refractivity contribution in [2.45, 2.75) is 19.8 Å². The van der Waals surface area contributed by atoms with Crippen LogP contribution in [0, 0.1) is 0 Å². The van der Waals surface area contributed by atoms with Crippen molar-refractivity contribution in [1.82, 2.24) is 4.98 Å². The summed E-state index contributed by atoms with van der Waals surface area (Å²) in [4.78, 5) is 15.4. The first-order chi connectivity index (χ1) is 7.56. The third-order valence-corrected chi connectivity index (χ3v) is 2.47. The zero-order valence-corrected chi connectivity index (χ0v) is 10.3. The zero-order chi connectivity index (χ0) is 12.1. The third kappa shape index (κ3) is 3.25. The van der Waals surface area contributed by atoms with Gasteiger partial charge in [-0.1, -0.05) is 36.5 Å². The van der Waals surface area contributed by atoms with Crippen LogP contribution < -0.4 is 5.73 Å². The van der Waals surface area contributed by atoms with E-state index in [2.05, 4.69) is 4.98 Å². The minimum atomic E-state index is -0.604. The van der Waals surface area contributed by atoms with E-state index in [1.807, 2.05) is 6.92 Å². The van der Waals surface area contributed by atoms with Crippen LogP contribution in [0.4, 0.5) is 5.69 Å². The maximum absolute atomic E-state index is 11.6. The lowest BCUT2D eigenvalue weighted by atomic mass is 10.3. The lowest BCUT2D eigenvalue weighted by Crippen LogP contribution is -2.10. The highest BCUT2D eigenvalue weighted by atomic mass is 35.5. The summed E-state index contributed by atoms with van der Waals surface area (Å²) in [5.41, 5.74) is 5.72. The van der Waals surface area contributed by atoms with Gasteiger partial charge in [-0.05, 0) is 12.5 Å². The predicted octanol–water partition coefficient (Wildman–Crippen LogP) is 2.93. The Bertz CT molecular complexity index is 397. The highest BCUT2D eigenvalue weighted by molar-refractivity contribution is 6.37. The molecule has 0 radical (unpaired) electrons. The van der Waals surface area contributed by atoms with Crippen LogP contribution in [0.15, 0.2) is 6.07 Å². The molecule has 0 aliphatic heterocycles. The molecule has 0 saturated heterocycles. The molecule has 2 N–H and O–H groups in total. The molecule has 0 aliphatic carbocycles. The molecule has 4 nitrogen and oxygen atoms in total. The second-order valence-electron chi connectivity index (χ2n) is 3.19. The SMILES string of the molecule is CCCCOC(=O)c1nc(Cl)cc(N)c1Cl. The van der Waals surface area contributed by atoms with E-state index in [4.69, 9.17) is 33.7 Å². The van der Waals surface area contributed by atoms with Crippen LogP contribution in [0.5, 0.6) is 0 Å². The van der Waals surface area contributed by atoms with Gasteiger partial charge in [0.2, 0.25) is 0 Å². The van der Waals surface area contributed by atoms with Crippen molar-refractivity contribution in [2.75, 3.05) is 12.3 Å². The van der Waals surface area contributed by atoms with Gasteiger partial charge in [-0.25, -0.2) is 9.78 Å². The molecule has 6 heteroatoms. The summed E-state index contributed by atoms with van der Waals surface area (Å²) < 4.78 is 4.96. The van der Waals surface area contributed by atoms with Crippen molar-refractivity contribution in [2.24, 2.45) is 0 Å². The number of ether oxygens (including phenoxy) is 1. The Balaban J connectivity index is 2.82. The van der Waals surface area contributed by atoms with E-state index in [9.17, 15) is 4.79 Å². The number of nitrogens with two attached hydrogens (primary N) is 1. The van der Waals surface area contributed by atoms with Gasteiger partial charge in [0.15, 0.2) is 5.69 Å². The summed E-state index contributed by atoms with van der Waals surface area (Å²) in [6.45, 7) is 2.33. The quantitative estimate of drug-likeness (QED) is 0.515. The van der Waals surface area contributed by atoms with Crippen molar-refractivity contribution in [3.05, 3.63) is 21.9 Å². The summed E-state index contributed by atoms with van der Waals surface area (Å²) >= 11 is 11.5. The van der Waals surface area contributed by atoms with Crippen LogP contribution in [0.3, 0.4) is 0 Å². The maximum atomic E-state index is 11.6. The first-order valence-electron chi connectivity index (χ1n) is 4.85. The molecule has 0 saturated carbocycles. The molecule has 0 spiro atoms. The summed E-state index contributed by atoms with van der Waals surface area (Å²) in [6.07, 6.45) is 1.73. The van der Waals surface area contributed by atoms with E-state index in [1.54, 1.807) is 0 Å². The molecule has 1 rings (SSSR count). The fourth-order valence-electron chi connectivity index (χ4n) is 1.03. The van der Waals surface area contributed by atoms with E-state index in [0.717, 1.165) is 12.8 Å². The molecule has 1 aromatic heterocycles. The fraction of sp³-hybridized carbons (Fsp3) is 0.400. The molecule has 0 amide bonds. The highest BCUT2D eigenvalue weighted by Crippen LogP contribution is 2.25. The predicted molar refractivity (Wildman–Crippen MR) is 63.9 cm³/mol. The fourth-order valence-corrected chi connectivity index (χ4v) is 1.41. The summed E-state index contributed by atoms with van der Waals surface area (Å²) in [5, 5.41) is 0.190. The molecule has 0 fully saturated rings. The standard InChI is InChI=1S/C10H12Cl2N2O2/c1-2-3-4-16-10(15)9-8(12)6(13)5-7(11)14-9/h5H,2-4H2,1H3,(H2,13,14). The number of rotatable bonds is 4. The Morgan fingerprint density at radius 3 is 2.88 bits per heavy atom. The highest BCUT2D eigenvalue weighted by Gasteiger charge is 2.17. The number of esters is 1. The summed E-state index contributed by atoms with van der Waals surface area (Å²) in [7, 11) is 0. The Morgan fingerprint density at radius 1 is 1.56 bits per heavy atom. The smallest absolute Gasteiger partial charge is 0.358 e. The van der Waals surface area contributed by atoms with E-state index in [-0.39, 0.29) is 21.6 Å². The lowest BCUT2D eigenvalue weighted by molar-refractivity contribution is 0.0493. The Kier molecular flexibility index (Phi) is 4.83. The number of carbonyl (C=O) groups is 1. The number of nitrogens with zero attached hydrogens (tertiary/aromatic N) is 1. The van der Waals surface area contributed by atoms with Crippen molar-refractivity contribution in [3.63, 3.8) is 0 Å². The van der Waals surface area contributed by atoms with Crippen molar-refractivity contribution < 1.29 is 9.53 Å². The Morgan fingerprint density at radius 2 is 2.25 bits per heavy atom. The van der Waals surface area contributed by atoms with Crippen LogP contribution in [0.25, 0.3) is 0 Å². The average Bonchev–Trinajstić information content (AvgIpc) is 2.23. The molecule has 88 valence electrons. The van der Waals surface area contributed by atoms with Crippen LogP contribution >= 0.6 is 23.2 Å². The van der Waals surface area contributed by atoms with E-state index in [1.165, 1.54) is 6.07 Å². The van der Waals surface area contributed by atoms with Gasteiger partial charge < -0.3 is 10.5 Å². The van der Waals surface area contributed by atoms with Crippen LogP contribution in [-0.2, 0) is 4.74 Å². The van der Waals surface area contributed by atoms with Gasteiger partial charge in [0, 0.05) is 0 Å². The number of unbranched alkanes of at least 4 members (excludes halogenated alkanes) is 1. The Hall–Kier alpha value is -1.00. The molecule has 0 unspecified atom stereocenters. The van der Waals surface area contributed by atoms with Gasteiger partial charge >= 0.3 is 5.97 Å². The summed E-state index contributed by atoms with van der Waals surface area (Å²) in [6, 6.07) is 1.38. The zero-order valence-electron chi connectivity index (χ0n) is 8.80. The second-order valence-corrected chi connectivity index (χ2v) is 3.95. The van der Waals surface area contributed by atoms with E-state index < -0.39 is 5.97 Å². The van der Waals surface area contributed by atoms with Crippen LogP contribution in [0.1, 0.15) is 30.3 Å². The third-order valence-electron chi connectivity index (χ3n) is 1.88. The first-order valence-corrected chi connectivity index (χ1v) is 5.60. The van der Waals surface area contributed by atoms with E-state index >= 15 is 0 Å². The van der Waals surface area contributed by atoms with Gasteiger partial charge in [0.05, 0.1) is 17.3 Å². The summed E-state index contributed by atoms with van der Waals surface area (Å²) in [5.74, 6) is -0.604. The molecule has 0 atom stereocenters. The number of pyridine rings is 1. The molecule has 0 bridgehead atoms. The number of hydrogen-bond acceptors (Lipinski definition) is 4. The number of halogens is 2. The van der Waals surface area contributed by atoms with Crippen molar-refractivity contribution in [1.29, 1.82) is 0 Å². The number of aromatic nitrogens is 1. The minimum absolute atomic E-state index is 0.0391. The van der Waals surface area contributed by atoms with Gasteiger partial charge in [0.1, 0.15) is 5.15 Å². The number of hydrogen-bond donors (Lipinski definition) is 1. The van der Waals surface area contributed by atoms with E-state index in [0.29, 0.717) is 6.61 Å². The molecule has 16 heavy (non-hydrogen) atoms. The van der Waals surface area contributed by atoms with Gasteiger partial charge in [-0.3, -0.25) is 0 Å². The molecule has 0 aromatic carbocycles. The van der Waals surface area contributed by atoms with Crippen LogP contribution in [-0.4, -0.2) is 17.6 Å². The molecule has 1 heterocycles. The maximum Gasteiger partial charge on any atom is 0.358 e. The molecule has 1 aromatic rings.